The number of pyridine rings is 1. The first-order valence-electron chi connectivity index (χ1n) is 12.6. The Labute approximate surface area is 220 Å². The zero-order valence-corrected chi connectivity index (χ0v) is 21.2. The minimum absolute atomic E-state index is 0.0565. The Hall–Kier alpha value is -3.06. The molecule has 1 aliphatic carbocycles. The summed E-state index contributed by atoms with van der Waals surface area (Å²) < 4.78 is 89.3. The van der Waals surface area contributed by atoms with Crippen LogP contribution in [0.3, 0.4) is 0 Å². The number of fused-ring (bicyclic) bond motifs is 1. The molecule has 2 aliphatic heterocycles. The first-order valence-corrected chi connectivity index (χ1v) is 12.6. The summed E-state index contributed by atoms with van der Waals surface area (Å²) >= 11 is 0. The second kappa shape index (κ2) is 9.84. The van der Waals surface area contributed by atoms with Gasteiger partial charge in [-0.1, -0.05) is 18.2 Å². The van der Waals surface area contributed by atoms with E-state index in [1.54, 1.807) is 0 Å². The standard InChI is InChI=1S/C26H28F6N4O3/c1-13(14-4-3-5-15(21(14)27)23(28)29)33-24(38)18-11-36(25(26(30,31)32)6-7-39-12-25)20(37)8-19(18)34-22-16-9-35(2)10-17(16)22/h3-5,8,11,13,16-17,22-23,34H,6-7,9-10,12H2,1-2H3,(H,33,38)/t13-,16-,17+,22?,25?/m1/s1. The zero-order chi connectivity index (χ0) is 28.3. The summed E-state index contributed by atoms with van der Waals surface area (Å²) in [5, 5.41) is 5.66. The number of piperidine rings is 1. The van der Waals surface area contributed by atoms with Gasteiger partial charge in [0.25, 0.3) is 17.9 Å². The predicted octanol–water partition coefficient (Wildman–Crippen LogP) is 4.07. The van der Waals surface area contributed by atoms with E-state index in [4.69, 9.17) is 4.74 Å². The number of rotatable bonds is 7. The highest BCUT2D eigenvalue weighted by atomic mass is 19.4. The lowest BCUT2D eigenvalue weighted by molar-refractivity contribution is -0.214. The molecular weight excluding hydrogens is 530 g/mol. The van der Waals surface area contributed by atoms with Crippen molar-refractivity contribution in [1.82, 2.24) is 14.8 Å². The van der Waals surface area contributed by atoms with Crippen LogP contribution in [0.4, 0.5) is 32.0 Å². The van der Waals surface area contributed by atoms with Gasteiger partial charge in [-0.25, -0.2) is 13.2 Å². The number of aromatic nitrogens is 1. The Morgan fingerprint density at radius 3 is 2.44 bits per heavy atom. The van der Waals surface area contributed by atoms with E-state index in [1.807, 2.05) is 7.05 Å². The maximum atomic E-state index is 14.7. The molecule has 13 heteroatoms. The molecular formula is C26H28F6N4O3. The number of nitrogens with one attached hydrogen (secondary N) is 2. The van der Waals surface area contributed by atoms with Crippen LogP contribution in [0.15, 0.2) is 35.3 Å². The van der Waals surface area contributed by atoms with E-state index in [1.165, 1.54) is 19.1 Å². The monoisotopic (exact) mass is 558 g/mol. The number of carbonyl (C=O) groups excluding carboxylic acids is 1. The molecule has 0 bridgehead atoms. The number of carbonyl (C=O) groups is 1. The van der Waals surface area contributed by atoms with Crippen molar-refractivity contribution in [2.45, 2.75) is 43.6 Å². The fourth-order valence-electron chi connectivity index (χ4n) is 5.83. The number of benzene rings is 1. The third-order valence-electron chi connectivity index (χ3n) is 8.09. The highest BCUT2D eigenvalue weighted by Crippen LogP contribution is 2.47. The molecule has 2 N–H and O–H groups in total. The van der Waals surface area contributed by atoms with Crippen LogP contribution in [0.1, 0.15) is 47.3 Å². The summed E-state index contributed by atoms with van der Waals surface area (Å²) in [6, 6.07) is 3.20. The first kappa shape index (κ1) is 27.5. The maximum Gasteiger partial charge on any atom is 0.414 e. The van der Waals surface area contributed by atoms with Crippen molar-refractivity contribution < 1.29 is 35.9 Å². The molecule has 3 fully saturated rings. The fourth-order valence-corrected chi connectivity index (χ4v) is 5.83. The first-order chi connectivity index (χ1) is 18.3. The van der Waals surface area contributed by atoms with Crippen molar-refractivity contribution in [2.24, 2.45) is 11.8 Å². The highest BCUT2D eigenvalue weighted by molar-refractivity contribution is 5.99. The largest absolute Gasteiger partial charge is 0.414 e. The second-order valence-corrected chi connectivity index (χ2v) is 10.6. The van der Waals surface area contributed by atoms with E-state index in [2.05, 4.69) is 15.5 Å². The summed E-state index contributed by atoms with van der Waals surface area (Å²) in [6.07, 6.45) is -7.56. The number of hydrogen-bond donors (Lipinski definition) is 2. The number of amides is 1. The number of nitrogens with zero attached hydrogens (tertiary/aromatic N) is 2. The van der Waals surface area contributed by atoms with E-state index < -0.39 is 60.1 Å². The second-order valence-electron chi connectivity index (χ2n) is 10.6. The quantitative estimate of drug-likeness (QED) is 0.502. The van der Waals surface area contributed by atoms with Crippen molar-refractivity contribution in [2.75, 3.05) is 38.7 Å². The van der Waals surface area contributed by atoms with Crippen LogP contribution < -0.4 is 16.2 Å². The lowest BCUT2D eigenvalue weighted by Gasteiger charge is -2.33. The van der Waals surface area contributed by atoms with Gasteiger partial charge in [0.2, 0.25) is 0 Å². The van der Waals surface area contributed by atoms with Gasteiger partial charge in [-0.2, -0.15) is 13.2 Å². The van der Waals surface area contributed by atoms with Crippen LogP contribution in [-0.4, -0.2) is 60.9 Å². The van der Waals surface area contributed by atoms with Crippen molar-refractivity contribution in [3.05, 3.63) is 63.3 Å². The van der Waals surface area contributed by atoms with Gasteiger partial charge < -0.3 is 20.3 Å². The number of anilines is 1. The van der Waals surface area contributed by atoms with Gasteiger partial charge in [-0.05, 0) is 25.8 Å². The average Bonchev–Trinajstić information content (AvgIpc) is 3.21. The molecule has 0 spiro atoms. The molecule has 5 atom stereocenters. The topological polar surface area (TPSA) is 75.6 Å². The Balaban J connectivity index is 1.51. The van der Waals surface area contributed by atoms with Crippen LogP contribution in [0.2, 0.25) is 0 Å². The minimum Gasteiger partial charge on any atom is -0.381 e. The smallest absolute Gasteiger partial charge is 0.381 e. The molecule has 1 amide bonds. The molecule has 1 saturated carbocycles. The molecule has 1 aromatic heterocycles. The van der Waals surface area contributed by atoms with E-state index in [-0.39, 0.29) is 41.3 Å². The van der Waals surface area contributed by atoms with Crippen molar-refractivity contribution in [3.63, 3.8) is 0 Å². The van der Waals surface area contributed by atoms with Gasteiger partial charge in [0, 0.05) is 50.0 Å². The zero-order valence-electron chi connectivity index (χ0n) is 21.2. The Morgan fingerprint density at radius 2 is 1.85 bits per heavy atom. The van der Waals surface area contributed by atoms with Crippen molar-refractivity contribution in [3.8, 4) is 0 Å². The van der Waals surface area contributed by atoms with Crippen LogP contribution in [0.5, 0.6) is 0 Å². The maximum absolute atomic E-state index is 14.7. The predicted molar refractivity (Wildman–Crippen MR) is 129 cm³/mol. The third kappa shape index (κ3) is 4.79. The molecule has 212 valence electrons. The summed E-state index contributed by atoms with van der Waals surface area (Å²) in [5.41, 5.74) is -4.84. The molecule has 0 radical (unpaired) electrons. The normalized spacial score (nSPS) is 27.5. The summed E-state index contributed by atoms with van der Waals surface area (Å²) in [4.78, 5) is 28.6. The molecule has 2 saturated heterocycles. The molecule has 3 heterocycles. The van der Waals surface area contributed by atoms with E-state index in [0.29, 0.717) is 4.57 Å². The lowest BCUT2D eigenvalue weighted by Crippen LogP contribution is -2.52. The number of ether oxygens (including phenoxy) is 1. The lowest BCUT2D eigenvalue weighted by atomic mass is 9.96. The van der Waals surface area contributed by atoms with Gasteiger partial charge in [-0.3, -0.25) is 14.2 Å². The molecule has 2 unspecified atom stereocenters. The Bertz CT molecular complexity index is 1310. The number of hydrogen-bond acceptors (Lipinski definition) is 5. The van der Waals surface area contributed by atoms with Crippen LogP contribution in [0.25, 0.3) is 0 Å². The molecule has 5 rings (SSSR count). The third-order valence-corrected chi connectivity index (χ3v) is 8.09. The van der Waals surface area contributed by atoms with Gasteiger partial charge in [0.1, 0.15) is 5.82 Å². The molecule has 3 aliphatic rings. The van der Waals surface area contributed by atoms with Gasteiger partial charge in [-0.15, -0.1) is 0 Å². The van der Waals surface area contributed by atoms with Crippen LogP contribution >= 0.6 is 0 Å². The highest BCUT2D eigenvalue weighted by Gasteiger charge is 2.59. The Morgan fingerprint density at radius 1 is 1.18 bits per heavy atom. The van der Waals surface area contributed by atoms with E-state index in [0.717, 1.165) is 31.4 Å². The number of likely N-dealkylation sites (tertiary alicyclic amines) is 1. The van der Waals surface area contributed by atoms with Gasteiger partial charge in [0.15, 0.2) is 5.54 Å². The van der Waals surface area contributed by atoms with E-state index in [9.17, 15) is 35.9 Å². The summed E-state index contributed by atoms with van der Waals surface area (Å²) in [6.45, 7) is 1.96. The molecule has 1 aromatic carbocycles. The molecule has 2 aromatic rings. The fraction of sp³-hybridized carbons (Fsp3) is 0.538. The Kier molecular flexibility index (Phi) is 6.94. The number of alkyl halides is 5. The molecule has 7 nitrogen and oxygen atoms in total. The molecule has 39 heavy (non-hydrogen) atoms. The van der Waals surface area contributed by atoms with Crippen molar-refractivity contribution in [1.29, 1.82) is 0 Å². The van der Waals surface area contributed by atoms with E-state index >= 15 is 0 Å². The summed E-state index contributed by atoms with van der Waals surface area (Å²) in [7, 11) is 1.97. The van der Waals surface area contributed by atoms with Crippen LogP contribution in [0, 0.1) is 17.7 Å². The summed E-state index contributed by atoms with van der Waals surface area (Å²) in [5.74, 6) is -1.54. The number of halogens is 6. The minimum atomic E-state index is -4.85. The van der Waals surface area contributed by atoms with Crippen LogP contribution in [-0.2, 0) is 10.3 Å². The van der Waals surface area contributed by atoms with Crippen molar-refractivity contribution >= 4 is 11.6 Å². The van der Waals surface area contributed by atoms with Gasteiger partial charge in [0.05, 0.1) is 29.5 Å². The average molecular weight is 559 g/mol. The van der Waals surface area contributed by atoms with Gasteiger partial charge >= 0.3 is 6.18 Å². The SMILES string of the molecule is C[C@@H](NC(=O)c1cn(C2(C(F)(F)F)CCOC2)c(=O)cc1NC1[C@H]2CN(C)C[C@@H]12)c1cccc(C(F)F)c1F.